The Kier molecular flexibility index (Phi) is 1.27. The highest BCUT2D eigenvalue weighted by Crippen LogP contribution is 2.67. The Labute approximate surface area is 82.9 Å². The fourth-order valence-corrected chi connectivity index (χ4v) is 5.17. The third kappa shape index (κ3) is 0.598. The van der Waals surface area contributed by atoms with Crippen LogP contribution in [0.15, 0.2) is 0 Å². The van der Waals surface area contributed by atoms with Crippen molar-refractivity contribution in [1.29, 1.82) is 0 Å². The molecule has 0 bridgehead atoms. The first-order chi connectivity index (χ1) is 5.68. The normalized spacial score (nSPS) is 50.4. The van der Waals surface area contributed by atoms with Crippen LogP contribution in [0.25, 0.3) is 0 Å². The Morgan fingerprint density at radius 3 is 2.92 bits per heavy atom. The Hall–Kier alpha value is 0.240. The number of rotatable bonds is 0. The number of thioether (sulfide) groups is 1. The van der Waals surface area contributed by atoms with Gasteiger partial charge in [-0.2, -0.15) is 0 Å². The smallest absolute Gasteiger partial charge is 0.0930 e. The van der Waals surface area contributed by atoms with E-state index in [9.17, 15) is 0 Å². The lowest BCUT2D eigenvalue weighted by molar-refractivity contribution is 0.201. The van der Waals surface area contributed by atoms with Gasteiger partial charge < -0.3 is 4.90 Å². The highest BCUT2D eigenvalue weighted by Gasteiger charge is 2.66. The summed E-state index contributed by atoms with van der Waals surface area (Å²) >= 11 is 7.51. The number of thiocarbonyl (C=S) groups is 1. The molecule has 3 aliphatic rings. The second-order valence-corrected chi connectivity index (χ2v) is 6.15. The van der Waals surface area contributed by atoms with Gasteiger partial charge >= 0.3 is 0 Å². The Bertz CT molecular complexity index is 265. The monoisotopic (exact) mass is 199 g/mol. The molecule has 3 saturated heterocycles. The zero-order chi connectivity index (χ0) is 8.40. The average Bonchev–Trinajstić information content (AvgIpc) is 2.47. The van der Waals surface area contributed by atoms with Crippen molar-refractivity contribution < 1.29 is 0 Å². The van der Waals surface area contributed by atoms with Crippen molar-refractivity contribution in [2.75, 3.05) is 12.3 Å². The van der Waals surface area contributed by atoms with Gasteiger partial charge in [0.15, 0.2) is 0 Å². The highest BCUT2D eigenvalue weighted by atomic mass is 32.2. The van der Waals surface area contributed by atoms with Gasteiger partial charge in [-0.25, -0.2) is 0 Å². The van der Waals surface area contributed by atoms with Crippen molar-refractivity contribution in [3.8, 4) is 0 Å². The van der Waals surface area contributed by atoms with Crippen molar-refractivity contribution in [2.45, 2.75) is 31.1 Å². The molecule has 66 valence electrons. The first-order valence-corrected chi connectivity index (χ1v) is 6.02. The van der Waals surface area contributed by atoms with Crippen LogP contribution in [0.2, 0.25) is 0 Å². The lowest BCUT2D eigenvalue weighted by atomic mass is 9.81. The maximum Gasteiger partial charge on any atom is 0.0930 e. The summed E-state index contributed by atoms with van der Waals surface area (Å²) < 4.78 is 0. The molecule has 0 saturated carbocycles. The molecular formula is C9H13NS2. The molecule has 0 aromatic carbocycles. The van der Waals surface area contributed by atoms with Crippen molar-refractivity contribution >= 4 is 29.0 Å². The summed E-state index contributed by atoms with van der Waals surface area (Å²) in [5, 5.41) is 0. The molecule has 1 nitrogen and oxygen atoms in total. The predicted molar refractivity (Wildman–Crippen MR) is 56.5 cm³/mol. The Balaban J connectivity index is 2.05. The van der Waals surface area contributed by atoms with E-state index in [4.69, 9.17) is 12.2 Å². The van der Waals surface area contributed by atoms with Gasteiger partial charge in [0.05, 0.1) is 9.86 Å². The maximum atomic E-state index is 5.38. The van der Waals surface area contributed by atoms with Gasteiger partial charge in [-0.1, -0.05) is 19.1 Å². The van der Waals surface area contributed by atoms with Gasteiger partial charge in [-0.05, 0) is 12.8 Å². The van der Waals surface area contributed by atoms with E-state index >= 15 is 0 Å². The molecule has 0 aromatic heterocycles. The van der Waals surface area contributed by atoms with Gasteiger partial charge in [0.1, 0.15) is 0 Å². The summed E-state index contributed by atoms with van der Waals surface area (Å²) in [5.74, 6) is 1.35. The standard InChI is InChI=1S/C9H13NS2/c1-8-4-5-10-7(11)2-3-9(8,10)12-6-8/h2-6H2,1H3/t8-,9+/m0/s1. The summed E-state index contributed by atoms with van der Waals surface area (Å²) in [4.78, 5) is 4.20. The fraction of sp³-hybridized carbons (Fsp3) is 0.889. The molecule has 0 unspecified atom stereocenters. The predicted octanol–water partition coefficient (Wildman–Crippen LogP) is 2.26. The molecule has 0 radical (unpaired) electrons. The van der Waals surface area contributed by atoms with Crippen LogP contribution in [0.1, 0.15) is 26.2 Å². The zero-order valence-electron chi connectivity index (χ0n) is 7.30. The lowest BCUT2D eigenvalue weighted by Gasteiger charge is -2.53. The molecule has 1 spiro atoms. The van der Waals surface area contributed by atoms with E-state index in [0.29, 0.717) is 10.3 Å². The molecule has 0 aromatic rings. The minimum Gasteiger partial charge on any atom is -0.351 e. The van der Waals surface area contributed by atoms with E-state index in [1.54, 1.807) is 0 Å². The van der Waals surface area contributed by atoms with Gasteiger partial charge in [0.25, 0.3) is 0 Å². The van der Waals surface area contributed by atoms with E-state index in [1.807, 2.05) is 0 Å². The van der Waals surface area contributed by atoms with E-state index in [1.165, 1.54) is 30.1 Å². The summed E-state index contributed by atoms with van der Waals surface area (Å²) in [6.45, 7) is 3.67. The van der Waals surface area contributed by atoms with Crippen LogP contribution >= 0.6 is 24.0 Å². The second-order valence-electron chi connectivity index (χ2n) is 4.43. The van der Waals surface area contributed by atoms with Gasteiger partial charge in [-0.15, -0.1) is 11.8 Å². The lowest BCUT2D eigenvalue weighted by Crippen LogP contribution is -2.55. The molecule has 0 aliphatic carbocycles. The van der Waals surface area contributed by atoms with Crippen molar-refractivity contribution in [3.05, 3.63) is 0 Å². The fourth-order valence-electron chi connectivity index (χ4n) is 2.94. The molecule has 12 heavy (non-hydrogen) atoms. The third-order valence-electron chi connectivity index (χ3n) is 3.87. The second kappa shape index (κ2) is 2.01. The Morgan fingerprint density at radius 1 is 1.50 bits per heavy atom. The molecule has 3 rings (SSSR count). The van der Waals surface area contributed by atoms with Crippen molar-refractivity contribution in [2.24, 2.45) is 5.41 Å². The first kappa shape index (κ1) is 7.63. The van der Waals surface area contributed by atoms with Gasteiger partial charge in [-0.3, -0.25) is 0 Å². The minimum absolute atomic E-state index is 0.462. The molecule has 3 heterocycles. The van der Waals surface area contributed by atoms with Crippen molar-refractivity contribution in [3.63, 3.8) is 0 Å². The van der Waals surface area contributed by atoms with Crippen LogP contribution in [0.5, 0.6) is 0 Å². The van der Waals surface area contributed by atoms with Crippen LogP contribution in [-0.4, -0.2) is 27.1 Å². The largest absolute Gasteiger partial charge is 0.351 e. The van der Waals surface area contributed by atoms with Crippen LogP contribution < -0.4 is 0 Å². The number of hydrogen-bond donors (Lipinski definition) is 0. The Morgan fingerprint density at radius 2 is 2.33 bits per heavy atom. The molecule has 0 amide bonds. The average molecular weight is 199 g/mol. The summed E-state index contributed by atoms with van der Waals surface area (Å²) in [5.41, 5.74) is 0.595. The molecule has 0 N–H and O–H groups in total. The van der Waals surface area contributed by atoms with E-state index in [-0.39, 0.29) is 0 Å². The SMILES string of the molecule is C[C@@]12CCN3C(=S)CC[C@]31SC2. The van der Waals surface area contributed by atoms with Crippen molar-refractivity contribution in [1.82, 2.24) is 4.90 Å². The quantitative estimate of drug-likeness (QED) is 0.551. The maximum absolute atomic E-state index is 5.38. The molecule has 2 atom stereocenters. The minimum atomic E-state index is 0.462. The van der Waals surface area contributed by atoms with Crippen LogP contribution in [0.3, 0.4) is 0 Å². The summed E-state index contributed by atoms with van der Waals surface area (Å²) in [7, 11) is 0. The first-order valence-electron chi connectivity index (χ1n) is 4.62. The third-order valence-corrected chi connectivity index (χ3v) is 6.48. The van der Waals surface area contributed by atoms with Crippen LogP contribution in [-0.2, 0) is 0 Å². The number of nitrogens with zero attached hydrogens (tertiary/aromatic N) is 1. The van der Waals surface area contributed by atoms with E-state index in [0.717, 1.165) is 6.42 Å². The van der Waals surface area contributed by atoms with E-state index in [2.05, 4.69) is 23.6 Å². The summed E-state index contributed by atoms with van der Waals surface area (Å²) in [6, 6.07) is 0. The summed E-state index contributed by atoms with van der Waals surface area (Å²) in [6.07, 6.45) is 3.84. The molecule has 3 heteroatoms. The van der Waals surface area contributed by atoms with Crippen LogP contribution in [0, 0.1) is 5.41 Å². The highest BCUT2D eigenvalue weighted by molar-refractivity contribution is 8.02. The molecule has 3 fully saturated rings. The van der Waals surface area contributed by atoms with Gasteiger partial charge in [0.2, 0.25) is 0 Å². The van der Waals surface area contributed by atoms with E-state index < -0.39 is 0 Å². The van der Waals surface area contributed by atoms with Crippen LogP contribution in [0.4, 0.5) is 0 Å². The topological polar surface area (TPSA) is 3.24 Å². The zero-order valence-corrected chi connectivity index (χ0v) is 8.93. The molecular weight excluding hydrogens is 186 g/mol. The number of hydrogen-bond acceptors (Lipinski definition) is 2. The molecule has 3 aliphatic heterocycles. The van der Waals surface area contributed by atoms with Gasteiger partial charge in [0, 0.05) is 24.1 Å².